The van der Waals surface area contributed by atoms with Crippen molar-refractivity contribution in [2.24, 2.45) is 5.73 Å². The van der Waals surface area contributed by atoms with Crippen LogP contribution in [0.3, 0.4) is 0 Å². The van der Waals surface area contributed by atoms with Crippen LogP contribution >= 0.6 is 11.6 Å². The molecule has 0 saturated carbocycles. The van der Waals surface area contributed by atoms with Gasteiger partial charge in [-0.25, -0.2) is 8.42 Å². The SMILES string of the molecule is CS(=O)(=O)N[C@@](Cl)(c1ccccc1)[C@@H](N)c1ccccc1.Cc1ccc(C(C)C)cc1.[Ru]. The third-order valence-electron chi connectivity index (χ3n) is 4.86. The van der Waals surface area contributed by atoms with E-state index in [-0.39, 0.29) is 19.5 Å². The molecule has 0 fully saturated rings. The van der Waals surface area contributed by atoms with Crippen molar-refractivity contribution in [1.82, 2.24) is 4.72 Å². The van der Waals surface area contributed by atoms with Crippen molar-refractivity contribution in [2.45, 2.75) is 37.7 Å². The molecule has 0 saturated heterocycles. The van der Waals surface area contributed by atoms with E-state index in [0.29, 0.717) is 11.5 Å². The molecule has 0 amide bonds. The minimum atomic E-state index is -3.54. The Bertz CT molecular complexity index is 1050. The first-order valence-electron chi connectivity index (χ1n) is 10.1. The first-order valence-corrected chi connectivity index (χ1v) is 12.4. The molecular weight excluding hydrogens is 529 g/mol. The number of nitrogens with two attached hydrogens (primary N) is 1. The van der Waals surface area contributed by atoms with E-state index in [1.807, 2.05) is 36.4 Å². The minimum Gasteiger partial charge on any atom is -0.321 e. The van der Waals surface area contributed by atoms with E-state index in [0.717, 1.165) is 11.8 Å². The molecule has 0 aliphatic rings. The molecule has 2 atom stereocenters. The fourth-order valence-corrected chi connectivity index (χ4v) is 4.55. The molecule has 3 aromatic rings. The predicted octanol–water partition coefficient (Wildman–Crippen LogP) is 5.44. The van der Waals surface area contributed by atoms with Crippen molar-refractivity contribution in [1.29, 1.82) is 0 Å². The summed E-state index contributed by atoms with van der Waals surface area (Å²) < 4.78 is 25.9. The van der Waals surface area contributed by atoms with Crippen LogP contribution in [-0.4, -0.2) is 14.7 Å². The molecule has 0 aromatic heterocycles. The van der Waals surface area contributed by atoms with Crippen LogP contribution in [0.1, 0.15) is 48.1 Å². The first-order chi connectivity index (χ1) is 14.5. The van der Waals surface area contributed by atoms with E-state index in [2.05, 4.69) is 49.8 Å². The molecule has 3 rings (SSSR count). The minimum absolute atomic E-state index is 0. The summed E-state index contributed by atoms with van der Waals surface area (Å²) in [4.78, 5) is -1.45. The van der Waals surface area contributed by atoms with E-state index < -0.39 is 21.1 Å². The van der Waals surface area contributed by atoms with Gasteiger partial charge in [0.15, 0.2) is 5.00 Å². The van der Waals surface area contributed by atoms with E-state index in [1.165, 1.54) is 11.1 Å². The van der Waals surface area contributed by atoms with Gasteiger partial charge >= 0.3 is 0 Å². The van der Waals surface area contributed by atoms with Crippen molar-refractivity contribution in [3.63, 3.8) is 0 Å². The summed E-state index contributed by atoms with van der Waals surface area (Å²) in [5.41, 5.74) is 10.3. The zero-order valence-electron chi connectivity index (χ0n) is 18.8. The molecular formula is C25H31ClN2O2RuS. The Labute approximate surface area is 210 Å². The van der Waals surface area contributed by atoms with Gasteiger partial charge in [-0.1, -0.05) is 116 Å². The van der Waals surface area contributed by atoms with Crippen LogP contribution < -0.4 is 10.5 Å². The van der Waals surface area contributed by atoms with Gasteiger partial charge in [-0.2, -0.15) is 4.72 Å². The van der Waals surface area contributed by atoms with Gasteiger partial charge in [-0.05, 0) is 29.5 Å². The van der Waals surface area contributed by atoms with Crippen LogP contribution in [0.4, 0.5) is 0 Å². The van der Waals surface area contributed by atoms with E-state index >= 15 is 0 Å². The Morgan fingerprint density at radius 1 is 0.844 bits per heavy atom. The van der Waals surface area contributed by atoms with Gasteiger partial charge in [-0.3, -0.25) is 0 Å². The number of rotatable bonds is 6. The number of halogens is 1. The Balaban J connectivity index is 0.000000393. The third kappa shape index (κ3) is 8.42. The Morgan fingerprint density at radius 2 is 1.31 bits per heavy atom. The molecule has 4 nitrogen and oxygen atoms in total. The maximum Gasteiger partial charge on any atom is 0.210 e. The predicted molar refractivity (Wildman–Crippen MR) is 131 cm³/mol. The molecule has 174 valence electrons. The molecule has 32 heavy (non-hydrogen) atoms. The first kappa shape index (κ1) is 28.5. The summed E-state index contributed by atoms with van der Waals surface area (Å²) in [6.07, 6.45) is 1.06. The zero-order valence-corrected chi connectivity index (χ0v) is 22.1. The Hall–Kier alpha value is -1.56. The van der Waals surface area contributed by atoms with Crippen LogP contribution in [-0.2, 0) is 34.5 Å². The summed E-state index contributed by atoms with van der Waals surface area (Å²) in [6.45, 7) is 6.54. The average Bonchev–Trinajstić information content (AvgIpc) is 2.74. The monoisotopic (exact) mass is 560 g/mol. The van der Waals surface area contributed by atoms with Gasteiger partial charge in [0, 0.05) is 19.5 Å². The molecule has 7 heteroatoms. The molecule has 3 N–H and O–H groups in total. The van der Waals surface area contributed by atoms with Gasteiger partial charge in [0.2, 0.25) is 10.0 Å². The van der Waals surface area contributed by atoms with Crippen molar-refractivity contribution in [3.8, 4) is 0 Å². The smallest absolute Gasteiger partial charge is 0.210 e. The molecule has 0 aliphatic heterocycles. The third-order valence-corrected chi connectivity index (χ3v) is 6.21. The van der Waals surface area contributed by atoms with E-state index in [9.17, 15) is 8.42 Å². The molecule has 0 bridgehead atoms. The van der Waals surface area contributed by atoms with E-state index in [4.69, 9.17) is 17.3 Å². The standard InChI is InChI=1S/C15H17ClN2O2S.C10H14.Ru/c1-21(19,20)18-15(16,13-10-6-3-7-11-13)14(17)12-8-4-2-5-9-12;1-8(2)10-6-4-9(3)5-7-10;/h2-11,14,18H,17H2,1H3;4-8H,1-3H3;/t14-,15-;;/m0../s1. The molecule has 0 radical (unpaired) electrons. The second-order valence-electron chi connectivity index (χ2n) is 7.91. The van der Waals surface area contributed by atoms with Gasteiger partial charge in [-0.15, -0.1) is 0 Å². The largest absolute Gasteiger partial charge is 0.321 e. The number of alkyl halides is 1. The van der Waals surface area contributed by atoms with Crippen molar-refractivity contribution in [3.05, 3.63) is 107 Å². The van der Waals surface area contributed by atoms with Crippen LogP contribution in [0.5, 0.6) is 0 Å². The number of aryl methyl sites for hydroxylation is 1. The second kappa shape index (κ2) is 12.6. The molecule has 0 unspecified atom stereocenters. The quantitative estimate of drug-likeness (QED) is 0.240. The normalized spacial score (nSPS) is 13.8. The Morgan fingerprint density at radius 3 is 1.75 bits per heavy atom. The van der Waals surface area contributed by atoms with Gasteiger partial charge < -0.3 is 5.73 Å². The zero-order chi connectivity index (χ0) is 23.1. The number of sulfonamides is 1. The van der Waals surface area contributed by atoms with E-state index in [1.54, 1.807) is 24.3 Å². The topological polar surface area (TPSA) is 72.2 Å². The van der Waals surface area contributed by atoms with Crippen LogP contribution in [0.15, 0.2) is 84.9 Å². The van der Waals surface area contributed by atoms with Crippen molar-refractivity contribution < 1.29 is 27.9 Å². The molecule has 0 aliphatic carbocycles. The number of benzene rings is 3. The second-order valence-corrected chi connectivity index (χ2v) is 10.3. The molecule has 0 spiro atoms. The Kier molecular flexibility index (Phi) is 11.2. The summed E-state index contributed by atoms with van der Waals surface area (Å²) in [5, 5.41) is 0. The van der Waals surface area contributed by atoms with Crippen molar-refractivity contribution in [2.75, 3.05) is 6.26 Å². The molecule has 0 heterocycles. The summed E-state index contributed by atoms with van der Waals surface area (Å²) in [5.74, 6) is 0.653. The summed E-state index contributed by atoms with van der Waals surface area (Å²) in [6, 6.07) is 26.0. The fourth-order valence-electron chi connectivity index (χ4n) is 3.09. The summed E-state index contributed by atoms with van der Waals surface area (Å²) >= 11 is 6.62. The fraction of sp³-hybridized carbons (Fsp3) is 0.280. The van der Waals surface area contributed by atoms with Crippen molar-refractivity contribution >= 4 is 21.6 Å². The average molecular weight is 560 g/mol. The van der Waals surface area contributed by atoms with Gasteiger partial charge in [0.1, 0.15) is 0 Å². The van der Waals surface area contributed by atoms with Crippen LogP contribution in [0.25, 0.3) is 0 Å². The summed E-state index contributed by atoms with van der Waals surface area (Å²) in [7, 11) is -3.54. The van der Waals surface area contributed by atoms with Gasteiger partial charge in [0.25, 0.3) is 0 Å². The number of hydrogen-bond donors (Lipinski definition) is 2. The van der Waals surface area contributed by atoms with Gasteiger partial charge in [0.05, 0.1) is 12.3 Å². The number of hydrogen-bond acceptors (Lipinski definition) is 3. The van der Waals surface area contributed by atoms with Crippen LogP contribution in [0, 0.1) is 6.92 Å². The maximum atomic E-state index is 11.7. The maximum absolute atomic E-state index is 11.7. The van der Waals surface area contributed by atoms with Crippen LogP contribution in [0.2, 0.25) is 0 Å². The molecule has 3 aromatic carbocycles. The number of nitrogens with one attached hydrogen (secondary N) is 1.